The number of ether oxygens (including phenoxy) is 1. The van der Waals surface area contributed by atoms with Crippen LogP contribution in [0.2, 0.25) is 0 Å². The van der Waals surface area contributed by atoms with Crippen molar-refractivity contribution in [1.29, 1.82) is 5.26 Å². The van der Waals surface area contributed by atoms with Gasteiger partial charge in [-0.15, -0.1) is 0 Å². The van der Waals surface area contributed by atoms with Crippen LogP contribution in [0.15, 0.2) is 48.5 Å². The molecule has 0 fully saturated rings. The van der Waals surface area contributed by atoms with Crippen LogP contribution in [0.5, 0.6) is 5.75 Å². The number of amides is 1. The minimum absolute atomic E-state index is 0.00481. The highest BCUT2D eigenvalue weighted by Gasteiger charge is 2.30. The Morgan fingerprint density at radius 1 is 1.24 bits per heavy atom. The van der Waals surface area contributed by atoms with E-state index in [2.05, 4.69) is 5.32 Å². The molecule has 4 nitrogen and oxygen atoms in total. The van der Waals surface area contributed by atoms with Crippen molar-refractivity contribution in [2.45, 2.75) is 12.6 Å². The van der Waals surface area contributed by atoms with Crippen LogP contribution in [0.4, 0.5) is 18.9 Å². The lowest BCUT2D eigenvalue weighted by atomic mass is 9.99. The van der Waals surface area contributed by atoms with Crippen molar-refractivity contribution in [3.05, 3.63) is 59.7 Å². The van der Waals surface area contributed by atoms with E-state index in [4.69, 9.17) is 4.74 Å². The van der Waals surface area contributed by atoms with Crippen molar-refractivity contribution >= 4 is 11.6 Å². The second-order valence-corrected chi connectivity index (χ2v) is 5.30. The average Bonchev–Trinajstić information content (AvgIpc) is 2.59. The molecule has 0 spiro atoms. The van der Waals surface area contributed by atoms with E-state index in [-0.39, 0.29) is 12.1 Å². The third-order valence-electron chi connectivity index (χ3n) is 3.53. The first-order valence-electron chi connectivity index (χ1n) is 7.34. The lowest BCUT2D eigenvalue weighted by Crippen LogP contribution is -2.23. The molecule has 7 heteroatoms. The van der Waals surface area contributed by atoms with Crippen molar-refractivity contribution in [3.8, 4) is 11.8 Å². The zero-order valence-electron chi connectivity index (χ0n) is 13.3. The van der Waals surface area contributed by atoms with Crippen molar-refractivity contribution in [2.75, 3.05) is 12.4 Å². The maximum Gasteiger partial charge on any atom is 0.416 e. The Labute approximate surface area is 142 Å². The summed E-state index contributed by atoms with van der Waals surface area (Å²) in [5, 5.41) is 11.6. The van der Waals surface area contributed by atoms with Gasteiger partial charge in [-0.2, -0.15) is 18.4 Å². The highest BCUT2D eigenvalue weighted by atomic mass is 19.4. The number of carbonyl (C=O) groups is 1. The highest BCUT2D eigenvalue weighted by Crippen LogP contribution is 2.30. The van der Waals surface area contributed by atoms with E-state index in [9.17, 15) is 23.2 Å². The molecule has 0 aliphatic carbocycles. The molecule has 1 N–H and O–H groups in total. The van der Waals surface area contributed by atoms with E-state index < -0.39 is 23.6 Å². The van der Waals surface area contributed by atoms with Gasteiger partial charge in [0.15, 0.2) is 0 Å². The summed E-state index contributed by atoms with van der Waals surface area (Å²) in [5.74, 6) is -1.04. The molecule has 0 saturated heterocycles. The van der Waals surface area contributed by atoms with E-state index in [0.717, 1.165) is 17.7 Å². The number of rotatable bonds is 5. The van der Waals surface area contributed by atoms with E-state index in [1.165, 1.54) is 19.2 Å². The maximum absolute atomic E-state index is 12.7. The van der Waals surface area contributed by atoms with E-state index in [0.29, 0.717) is 5.75 Å². The second-order valence-electron chi connectivity index (χ2n) is 5.30. The first-order valence-corrected chi connectivity index (χ1v) is 7.34. The van der Waals surface area contributed by atoms with Crippen LogP contribution in [0, 0.1) is 17.2 Å². The smallest absolute Gasteiger partial charge is 0.416 e. The molecule has 0 unspecified atom stereocenters. The van der Waals surface area contributed by atoms with Crippen molar-refractivity contribution in [1.82, 2.24) is 0 Å². The normalized spacial score (nSPS) is 12.1. The highest BCUT2D eigenvalue weighted by molar-refractivity contribution is 5.94. The van der Waals surface area contributed by atoms with Crippen molar-refractivity contribution < 1.29 is 22.7 Å². The molecule has 0 bridgehead atoms. The summed E-state index contributed by atoms with van der Waals surface area (Å²) < 4.78 is 43.1. The fourth-order valence-electron chi connectivity index (χ4n) is 2.20. The van der Waals surface area contributed by atoms with Crippen LogP contribution >= 0.6 is 0 Å². The second kappa shape index (κ2) is 7.71. The van der Waals surface area contributed by atoms with Gasteiger partial charge in [-0.3, -0.25) is 4.79 Å². The standard InChI is InChI=1S/C18H15F3N2O2/c1-25-16-7-5-12(6-8-16)9-13(11-22)17(24)23-15-4-2-3-14(10-15)18(19,20)21/h2-8,10,13H,9H2,1H3,(H,23,24)/t13-/m1/s1. The van der Waals surface area contributed by atoms with Gasteiger partial charge in [0.2, 0.25) is 5.91 Å². The lowest BCUT2D eigenvalue weighted by Gasteiger charge is -2.12. The zero-order chi connectivity index (χ0) is 18.4. The monoisotopic (exact) mass is 348 g/mol. The van der Waals surface area contributed by atoms with E-state index >= 15 is 0 Å². The summed E-state index contributed by atoms with van der Waals surface area (Å²) in [4.78, 5) is 12.2. The summed E-state index contributed by atoms with van der Waals surface area (Å²) in [7, 11) is 1.52. The van der Waals surface area contributed by atoms with Crippen LogP contribution in [0.25, 0.3) is 0 Å². The molecule has 0 aromatic heterocycles. The Morgan fingerprint density at radius 3 is 2.48 bits per heavy atom. The Hall–Kier alpha value is -3.01. The number of hydrogen-bond acceptors (Lipinski definition) is 3. The van der Waals surface area contributed by atoms with Gasteiger partial charge < -0.3 is 10.1 Å². The summed E-state index contributed by atoms with van der Waals surface area (Å²) in [6.45, 7) is 0. The molecule has 25 heavy (non-hydrogen) atoms. The van der Waals surface area contributed by atoms with Gasteiger partial charge in [-0.1, -0.05) is 18.2 Å². The number of carbonyl (C=O) groups excluding carboxylic acids is 1. The van der Waals surface area contributed by atoms with Crippen LogP contribution in [0.3, 0.4) is 0 Å². The summed E-state index contributed by atoms with van der Waals surface area (Å²) in [5.41, 5.74) is -0.129. The summed E-state index contributed by atoms with van der Waals surface area (Å²) >= 11 is 0. The molecular weight excluding hydrogens is 333 g/mol. The molecule has 2 rings (SSSR count). The molecule has 0 saturated carbocycles. The summed E-state index contributed by atoms with van der Waals surface area (Å²) in [6, 6.07) is 13.0. The minimum Gasteiger partial charge on any atom is -0.497 e. The Balaban J connectivity index is 2.08. The zero-order valence-corrected chi connectivity index (χ0v) is 13.3. The van der Waals surface area contributed by atoms with Crippen LogP contribution in [0.1, 0.15) is 11.1 Å². The molecule has 2 aromatic rings. The number of anilines is 1. The number of hydrogen-bond donors (Lipinski definition) is 1. The first-order chi connectivity index (χ1) is 11.8. The van der Waals surface area contributed by atoms with Gasteiger partial charge in [-0.05, 0) is 42.3 Å². The number of alkyl halides is 3. The maximum atomic E-state index is 12.7. The SMILES string of the molecule is COc1ccc(C[C@H](C#N)C(=O)Nc2cccc(C(F)(F)F)c2)cc1. The van der Waals surface area contributed by atoms with Gasteiger partial charge in [0, 0.05) is 5.69 Å². The molecule has 0 radical (unpaired) electrons. The van der Waals surface area contributed by atoms with E-state index in [1.807, 2.05) is 6.07 Å². The van der Waals surface area contributed by atoms with Gasteiger partial charge >= 0.3 is 6.18 Å². The molecule has 130 valence electrons. The fraction of sp³-hybridized carbons (Fsp3) is 0.222. The molecule has 0 heterocycles. The van der Waals surface area contributed by atoms with Gasteiger partial charge in [-0.25, -0.2) is 0 Å². The van der Waals surface area contributed by atoms with E-state index in [1.54, 1.807) is 24.3 Å². The molecule has 1 amide bonds. The van der Waals surface area contributed by atoms with Crippen molar-refractivity contribution in [2.24, 2.45) is 5.92 Å². The number of benzene rings is 2. The fourth-order valence-corrected chi connectivity index (χ4v) is 2.20. The number of nitrogens with one attached hydrogen (secondary N) is 1. The topological polar surface area (TPSA) is 62.1 Å². The molecule has 0 aliphatic rings. The number of nitriles is 1. The Morgan fingerprint density at radius 2 is 1.92 bits per heavy atom. The Bertz CT molecular complexity index is 780. The third kappa shape index (κ3) is 4.98. The number of nitrogens with zero attached hydrogens (tertiary/aromatic N) is 1. The third-order valence-corrected chi connectivity index (χ3v) is 3.53. The minimum atomic E-state index is -4.50. The molecule has 0 aliphatic heterocycles. The van der Waals surface area contributed by atoms with Gasteiger partial charge in [0.25, 0.3) is 0 Å². The number of methoxy groups -OCH3 is 1. The van der Waals surface area contributed by atoms with Crippen molar-refractivity contribution in [3.63, 3.8) is 0 Å². The van der Waals surface area contributed by atoms with Gasteiger partial charge in [0.05, 0.1) is 18.7 Å². The quantitative estimate of drug-likeness (QED) is 0.887. The van der Waals surface area contributed by atoms with Gasteiger partial charge in [0.1, 0.15) is 11.7 Å². The predicted molar refractivity (Wildman–Crippen MR) is 85.9 cm³/mol. The molecule has 1 atom stereocenters. The van der Waals surface area contributed by atoms with Crippen LogP contribution in [-0.4, -0.2) is 13.0 Å². The lowest BCUT2D eigenvalue weighted by molar-refractivity contribution is -0.137. The first kappa shape index (κ1) is 18.3. The summed E-state index contributed by atoms with van der Waals surface area (Å²) in [6.07, 6.45) is -4.36. The largest absolute Gasteiger partial charge is 0.497 e. The van der Waals surface area contributed by atoms with Crippen LogP contribution in [-0.2, 0) is 17.4 Å². The predicted octanol–water partition coefficient (Wildman–Crippen LogP) is 4.03. The van der Waals surface area contributed by atoms with Crippen LogP contribution < -0.4 is 10.1 Å². The Kier molecular flexibility index (Phi) is 5.65. The average molecular weight is 348 g/mol. The molecular formula is C18H15F3N2O2. The molecule has 2 aromatic carbocycles. The number of halogens is 3.